The van der Waals surface area contributed by atoms with E-state index in [2.05, 4.69) is 16.0 Å². The van der Waals surface area contributed by atoms with Gasteiger partial charge >= 0.3 is 0 Å². The lowest BCUT2D eigenvalue weighted by Crippen LogP contribution is -2.19. The summed E-state index contributed by atoms with van der Waals surface area (Å²) in [6, 6.07) is 8.16. The van der Waals surface area contributed by atoms with Gasteiger partial charge in [-0.15, -0.1) is 0 Å². The standard InChI is InChI=1S/C14H15FN4/c15-11-7-17-14(18-8-11)19-9-10(5-6-16)12-3-1-2-4-13(12)19/h1-4,7-8,10H,5-6,9,16H2. The lowest BCUT2D eigenvalue weighted by molar-refractivity contribution is 0.611. The van der Waals surface area contributed by atoms with E-state index in [1.165, 1.54) is 18.0 Å². The van der Waals surface area contributed by atoms with E-state index in [-0.39, 0.29) is 0 Å². The van der Waals surface area contributed by atoms with Gasteiger partial charge in [-0.05, 0) is 24.6 Å². The predicted molar refractivity (Wildman–Crippen MR) is 71.9 cm³/mol. The molecule has 98 valence electrons. The highest BCUT2D eigenvalue weighted by Gasteiger charge is 2.29. The molecule has 0 fully saturated rings. The van der Waals surface area contributed by atoms with E-state index in [0.29, 0.717) is 18.4 Å². The Morgan fingerprint density at radius 2 is 2.00 bits per heavy atom. The number of hydrogen-bond donors (Lipinski definition) is 1. The summed E-state index contributed by atoms with van der Waals surface area (Å²) in [5.74, 6) is 0.498. The molecule has 0 bridgehead atoms. The predicted octanol–water partition coefficient (Wildman–Crippen LogP) is 2.20. The average Bonchev–Trinajstić information content (AvgIpc) is 2.80. The van der Waals surface area contributed by atoms with Crippen LogP contribution in [0.15, 0.2) is 36.7 Å². The molecule has 1 aromatic heterocycles. The van der Waals surface area contributed by atoms with Gasteiger partial charge in [0.05, 0.1) is 12.4 Å². The Morgan fingerprint density at radius 1 is 1.26 bits per heavy atom. The number of nitrogens with zero attached hydrogens (tertiary/aromatic N) is 3. The fourth-order valence-electron chi connectivity index (χ4n) is 2.58. The lowest BCUT2D eigenvalue weighted by Gasteiger charge is -2.17. The highest BCUT2D eigenvalue weighted by molar-refractivity contribution is 5.67. The zero-order chi connectivity index (χ0) is 13.2. The SMILES string of the molecule is NCCC1CN(c2ncc(F)cn2)c2ccccc21. The van der Waals surface area contributed by atoms with Crippen LogP contribution in [0.25, 0.3) is 0 Å². The van der Waals surface area contributed by atoms with E-state index in [1.807, 2.05) is 23.1 Å². The summed E-state index contributed by atoms with van der Waals surface area (Å²) in [7, 11) is 0. The molecule has 0 amide bonds. The van der Waals surface area contributed by atoms with E-state index in [0.717, 1.165) is 18.7 Å². The normalized spacial score (nSPS) is 17.6. The Bertz CT molecular complexity index is 570. The number of aromatic nitrogens is 2. The lowest BCUT2D eigenvalue weighted by atomic mass is 9.98. The third kappa shape index (κ3) is 2.17. The van der Waals surface area contributed by atoms with E-state index in [4.69, 9.17) is 5.73 Å². The Labute approximate surface area is 111 Å². The molecule has 2 N–H and O–H groups in total. The van der Waals surface area contributed by atoms with Crippen LogP contribution in [-0.2, 0) is 0 Å². The number of para-hydroxylation sites is 1. The van der Waals surface area contributed by atoms with Gasteiger partial charge in [-0.2, -0.15) is 0 Å². The average molecular weight is 258 g/mol. The van der Waals surface area contributed by atoms with Gasteiger partial charge in [0.2, 0.25) is 5.95 Å². The van der Waals surface area contributed by atoms with Crippen molar-refractivity contribution in [2.75, 3.05) is 18.0 Å². The number of halogens is 1. The summed E-state index contributed by atoms with van der Waals surface area (Å²) in [6.45, 7) is 1.44. The molecule has 1 aromatic carbocycles. The van der Waals surface area contributed by atoms with Gasteiger partial charge in [-0.1, -0.05) is 18.2 Å². The molecule has 1 atom stereocenters. The molecule has 4 nitrogen and oxygen atoms in total. The Balaban J connectivity index is 1.98. The van der Waals surface area contributed by atoms with Crippen LogP contribution >= 0.6 is 0 Å². The van der Waals surface area contributed by atoms with Crippen molar-refractivity contribution in [3.05, 3.63) is 48.0 Å². The Hall–Kier alpha value is -2.01. The minimum atomic E-state index is -0.422. The van der Waals surface area contributed by atoms with Gasteiger partial charge in [0.25, 0.3) is 0 Å². The summed E-state index contributed by atoms with van der Waals surface area (Å²) in [4.78, 5) is 10.1. The topological polar surface area (TPSA) is 55.0 Å². The number of hydrogen-bond acceptors (Lipinski definition) is 4. The van der Waals surface area contributed by atoms with E-state index >= 15 is 0 Å². The Kier molecular flexibility index (Phi) is 3.13. The smallest absolute Gasteiger partial charge is 0.230 e. The molecule has 1 unspecified atom stereocenters. The number of anilines is 2. The zero-order valence-electron chi connectivity index (χ0n) is 10.5. The molecule has 5 heteroatoms. The molecule has 0 aliphatic carbocycles. The van der Waals surface area contributed by atoms with Crippen molar-refractivity contribution in [3.63, 3.8) is 0 Å². The summed E-state index contributed by atoms with van der Waals surface area (Å²) in [6.07, 6.45) is 3.32. The molecule has 19 heavy (non-hydrogen) atoms. The van der Waals surface area contributed by atoms with Crippen LogP contribution in [0.3, 0.4) is 0 Å². The first-order valence-electron chi connectivity index (χ1n) is 6.33. The van der Waals surface area contributed by atoms with Gasteiger partial charge in [0, 0.05) is 18.2 Å². The van der Waals surface area contributed by atoms with Gasteiger partial charge < -0.3 is 10.6 Å². The quantitative estimate of drug-likeness (QED) is 0.917. The Morgan fingerprint density at radius 3 is 2.74 bits per heavy atom. The third-order valence-electron chi connectivity index (χ3n) is 3.43. The van der Waals surface area contributed by atoms with Crippen molar-refractivity contribution in [2.45, 2.75) is 12.3 Å². The molecule has 0 saturated carbocycles. The third-order valence-corrected chi connectivity index (χ3v) is 3.43. The van der Waals surface area contributed by atoms with Crippen molar-refractivity contribution >= 4 is 11.6 Å². The summed E-state index contributed by atoms with van der Waals surface area (Å²) in [5.41, 5.74) is 8.03. The molecular formula is C14H15FN4. The second kappa shape index (κ2) is 4.93. The number of benzene rings is 1. The molecule has 1 aliphatic rings. The van der Waals surface area contributed by atoms with Crippen LogP contribution in [0.1, 0.15) is 17.9 Å². The highest BCUT2D eigenvalue weighted by atomic mass is 19.1. The maximum absolute atomic E-state index is 12.9. The van der Waals surface area contributed by atoms with Gasteiger partial charge in [-0.3, -0.25) is 0 Å². The minimum absolute atomic E-state index is 0.384. The van der Waals surface area contributed by atoms with Crippen LogP contribution in [0.5, 0.6) is 0 Å². The van der Waals surface area contributed by atoms with Crippen molar-refractivity contribution in [3.8, 4) is 0 Å². The summed E-state index contributed by atoms with van der Waals surface area (Å²) < 4.78 is 12.9. The fraction of sp³-hybridized carbons (Fsp3) is 0.286. The molecule has 0 spiro atoms. The van der Waals surface area contributed by atoms with Crippen molar-refractivity contribution in [1.82, 2.24) is 9.97 Å². The first-order valence-corrected chi connectivity index (χ1v) is 6.33. The van der Waals surface area contributed by atoms with Crippen LogP contribution in [-0.4, -0.2) is 23.1 Å². The van der Waals surface area contributed by atoms with Crippen LogP contribution in [0, 0.1) is 5.82 Å². The van der Waals surface area contributed by atoms with Gasteiger partial charge in [0.15, 0.2) is 5.82 Å². The molecule has 0 saturated heterocycles. The maximum atomic E-state index is 12.9. The second-order valence-electron chi connectivity index (χ2n) is 4.64. The van der Waals surface area contributed by atoms with E-state index < -0.39 is 5.82 Å². The zero-order valence-corrected chi connectivity index (χ0v) is 10.5. The number of rotatable bonds is 3. The van der Waals surface area contributed by atoms with Gasteiger partial charge in [0.1, 0.15) is 0 Å². The molecule has 2 heterocycles. The highest BCUT2D eigenvalue weighted by Crippen LogP contribution is 2.40. The van der Waals surface area contributed by atoms with Crippen molar-refractivity contribution in [2.24, 2.45) is 5.73 Å². The van der Waals surface area contributed by atoms with Crippen LogP contribution in [0.4, 0.5) is 16.0 Å². The molecule has 1 aliphatic heterocycles. The van der Waals surface area contributed by atoms with Crippen LogP contribution in [0.2, 0.25) is 0 Å². The molecule has 3 rings (SSSR count). The van der Waals surface area contributed by atoms with E-state index in [1.54, 1.807) is 0 Å². The first-order chi connectivity index (χ1) is 9.29. The minimum Gasteiger partial charge on any atom is -0.330 e. The first kappa shape index (κ1) is 12.0. The maximum Gasteiger partial charge on any atom is 0.230 e. The summed E-state index contributed by atoms with van der Waals surface area (Å²) >= 11 is 0. The largest absolute Gasteiger partial charge is 0.330 e. The second-order valence-corrected chi connectivity index (χ2v) is 4.64. The number of fused-ring (bicyclic) bond motifs is 1. The van der Waals surface area contributed by atoms with E-state index in [9.17, 15) is 4.39 Å². The van der Waals surface area contributed by atoms with Crippen molar-refractivity contribution < 1.29 is 4.39 Å². The summed E-state index contributed by atoms with van der Waals surface area (Å²) in [5, 5.41) is 0. The molecule has 2 aromatic rings. The van der Waals surface area contributed by atoms with Crippen LogP contribution < -0.4 is 10.6 Å². The van der Waals surface area contributed by atoms with Crippen molar-refractivity contribution in [1.29, 1.82) is 0 Å². The van der Waals surface area contributed by atoms with Gasteiger partial charge in [-0.25, -0.2) is 14.4 Å². The molecule has 0 radical (unpaired) electrons. The fourth-order valence-corrected chi connectivity index (χ4v) is 2.58. The molecular weight excluding hydrogens is 243 g/mol. The monoisotopic (exact) mass is 258 g/mol. The number of nitrogens with two attached hydrogens (primary N) is 1.